The van der Waals surface area contributed by atoms with Gasteiger partial charge in [-0.1, -0.05) is 11.6 Å². The molecule has 6 heteroatoms. The molecule has 0 unspecified atom stereocenters. The molecule has 0 saturated heterocycles. The van der Waals surface area contributed by atoms with E-state index in [1.54, 1.807) is 6.07 Å². The van der Waals surface area contributed by atoms with Crippen LogP contribution in [0.5, 0.6) is 0 Å². The number of rotatable bonds is 2. The van der Waals surface area contributed by atoms with Crippen molar-refractivity contribution < 1.29 is 9.53 Å². The highest BCUT2D eigenvalue weighted by Gasteiger charge is 2.20. The van der Waals surface area contributed by atoms with E-state index in [4.69, 9.17) is 16.3 Å². The van der Waals surface area contributed by atoms with Crippen molar-refractivity contribution in [3.8, 4) is 0 Å². The quantitative estimate of drug-likeness (QED) is 0.669. The third-order valence-corrected chi connectivity index (χ3v) is 2.95. The molecule has 94 valence electrons. The zero-order valence-corrected chi connectivity index (χ0v) is 12.4. The lowest BCUT2D eigenvalue weighted by molar-refractivity contribution is 0.0601. The van der Waals surface area contributed by atoms with Crippen LogP contribution in [-0.2, 0) is 4.74 Å². The standard InChI is InChI=1S/C11H14BrClN2O2/c1-11(2,3)15-9-6(10(16)17-4)5-7(12)8(13)14-9/h5H,1-4H3,(H,14,15). The topological polar surface area (TPSA) is 51.2 Å². The van der Waals surface area contributed by atoms with Crippen LogP contribution in [0.15, 0.2) is 10.5 Å². The molecule has 1 aromatic heterocycles. The summed E-state index contributed by atoms with van der Waals surface area (Å²) in [5, 5.41) is 3.41. The minimum Gasteiger partial charge on any atom is -0.465 e. The lowest BCUT2D eigenvalue weighted by atomic mass is 10.1. The zero-order chi connectivity index (χ0) is 13.2. The van der Waals surface area contributed by atoms with Crippen molar-refractivity contribution in [2.75, 3.05) is 12.4 Å². The number of nitrogens with one attached hydrogen (secondary N) is 1. The van der Waals surface area contributed by atoms with Gasteiger partial charge in [0.25, 0.3) is 0 Å². The van der Waals surface area contributed by atoms with Gasteiger partial charge in [-0.15, -0.1) is 0 Å². The maximum atomic E-state index is 11.6. The molecule has 4 nitrogen and oxygen atoms in total. The second-order valence-electron chi connectivity index (χ2n) is 4.52. The van der Waals surface area contributed by atoms with Gasteiger partial charge in [0.1, 0.15) is 16.5 Å². The summed E-state index contributed by atoms with van der Waals surface area (Å²) < 4.78 is 5.26. The molecular weight excluding hydrogens is 307 g/mol. The molecule has 0 radical (unpaired) electrons. The van der Waals surface area contributed by atoms with Crippen molar-refractivity contribution in [2.45, 2.75) is 26.3 Å². The maximum Gasteiger partial charge on any atom is 0.341 e. The molecule has 1 heterocycles. The van der Waals surface area contributed by atoms with E-state index in [-0.39, 0.29) is 5.54 Å². The Labute approximate surface area is 114 Å². The molecule has 1 rings (SSSR count). The highest BCUT2D eigenvalue weighted by Crippen LogP contribution is 2.27. The number of anilines is 1. The fraction of sp³-hybridized carbons (Fsp3) is 0.455. The van der Waals surface area contributed by atoms with Crippen molar-refractivity contribution in [1.82, 2.24) is 4.98 Å². The van der Waals surface area contributed by atoms with Crippen LogP contribution in [0.2, 0.25) is 5.15 Å². The fourth-order valence-electron chi connectivity index (χ4n) is 1.18. The number of esters is 1. The Kier molecular flexibility index (Phi) is 4.38. The van der Waals surface area contributed by atoms with Gasteiger partial charge in [-0.2, -0.15) is 0 Å². The minimum absolute atomic E-state index is 0.229. The van der Waals surface area contributed by atoms with E-state index in [0.29, 0.717) is 21.0 Å². The number of aromatic nitrogens is 1. The van der Waals surface area contributed by atoms with E-state index in [0.717, 1.165) is 0 Å². The number of nitrogens with zero attached hydrogens (tertiary/aromatic N) is 1. The zero-order valence-electron chi connectivity index (χ0n) is 10.1. The van der Waals surface area contributed by atoms with Crippen molar-refractivity contribution in [3.63, 3.8) is 0 Å². The first-order valence-electron chi connectivity index (χ1n) is 4.97. The SMILES string of the molecule is COC(=O)c1cc(Br)c(Cl)nc1NC(C)(C)C. The minimum atomic E-state index is -0.457. The van der Waals surface area contributed by atoms with E-state index in [1.807, 2.05) is 20.8 Å². The van der Waals surface area contributed by atoms with Gasteiger partial charge in [0.05, 0.1) is 11.6 Å². The molecule has 1 aromatic rings. The van der Waals surface area contributed by atoms with Crippen molar-refractivity contribution in [2.24, 2.45) is 0 Å². The van der Waals surface area contributed by atoms with Gasteiger partial charge in [0, 0.05) is 5.54 Å². The summed E-state index contributed by atoms with van der Waals surface area (Å²) in [6.07, 6.45) is 0. The average Bonchev–Trinajstić information content (AvgIpc) is 2.20. The Bertz CT molecular complexity index is 444. The second kappa shape index (κ2) is 5.23. The first kappa shape index (κ1) is 14.3. The molecule has 0 aliphatic carbocycles. The van der Waals surface area contributed by atoms with Crippen LogP contribution in [0, 0.1) is 0 Å². The molecule has 0 aromatic carbocycles. The van der Waals surface area contributed by atoms with Crippen molar-refractivity contribution in [1.29, 1.82) is 0 Å². The van der Waals surface area contributed by atoms with Crippen LogP contribution in [0.3, 0.4) is 0 Å². The predicted molar refractivity (Wildman–Crippen MR) is 71.7 cm³/mol. The predicted octanol–water partition coefficient (Wildman–Crippen LogP) is 3.49. The van der Waals surface area contributed by atoms with Gasteiger partial charge in [-0.3, -0.25) is 0 Å². The molecule has 0 aliphatic rings. The summed E-state index contributed by atoms with van der Waals surface area (Å²) in [6, 6.07) is 1.59. The number of ether oxygens (including phenoxy) is 1. The lowest BCUT2D eigenvalue weighted by Gasteiger charge is -2.23. The van der Waals surface area contributed by atoms with Gasteiger partial charge in [0.2, 0.25) is 0 Å². The van der Waals surface area contributed by atoms with Gasteiger partial charge >= 0.3 is 5.97 Å². The number of hydrogen-bond donors (Lipinski definition) is 1. The number of methoxy groups -OCH3 is 1. The van der Waals surface area contributed by atoms with Crippen molar-refractivity contribution >= 4 is 39.3 Å². The Morgan fingerprint density at radius 2 is 2.12 bits per heavy atom. The molecule has 0 saturated carbocycles. The van der Waals surface area contributed by atoms with E-state index >= 15 is 0 Å². The monoisotopic (exact) mass is 320 g/mol. The van der Waals surface area contributed by atoms with Gasteiger partial charge in [0.15, 0.2) is 0 Å². The summed E-state index contributed by atoms with van der Waals surface area (Å²) in [4.78, 5) is 15.8. The Morgan fingerprint density at radius 3 is 2.59 bits per heavy atom. The smallest absolute Gasteiger partial charge is 0.341 e. The number of pyridine rings is 1. The third-order valence-electron chi connectivity index (χ3n) is 1.83. The Balaban J connectivity index is 3.26. The summed E-state index contributed by atoms with van der Waals surface area (Å²) in [6.45, 7) is 5.89. The number of carbonyl (C=O) groups is 1. The molecule has 1 N–H and O–H groups in total. The summed E-state index contributed by atoms with van der Waals surface area (Å²) in [5.41, 5.74) is 0.117. The maximum absolute atomic E-state index is 11.6. The summed E-state index contributed by atoms with van der Waals surface area (Å²) in [7, 11) is 1.33. The molecule has 0 aliphatic heterocycles. The van der Waals surface area contributed by atoms with Crippen LogP contribution in [0.4, 0.5) is 5.82 Å². The van der Waals surface area contributed by atoms with E-state index in [9.17, 15) is 4.79 Å². The van der Waals surface area contributed by atoms with Gasteiger partial charge in [-0.25, -0.2) is 9.78 Å². The Morgan fingerprint density at radius 1 is 1.53 bits per heavy atom. The lowest BCUT2D eigenvalue weighted by Crippen LogP contribution is -2.28. The van der Waals surface area contributed by atoms with Crippen LogP contribution in [-0.4, -0.2) is 23.6 Å². The fourth-order valence-corrected chi connectivity index (χ4v) is 1.64. The second-order valence-corrected chi connectivity index (χ2v) is 5.74. The number of halogens is 2. The molecular formula is C11H14BrClN2O2. The molecule has 0 amide bonds. The molecule has 17 heavy (non-hydrogen) atoms. The highest BCUT2D eigenvalue weighted by atomic mass is 79.9. The third kappa shape index (κ3) is 3.85. The van der Waals surface area contributed by atoms with E-state index in [2.05, 4.69) is 26.2 Å². The van der Waals surface area contributed by atoms with Crippen LogP contribution >= 0.6 is 27.5 Å². The number of hydrogen-bond acceptors (Lipinski definition) is 4. The normalized spacial score (nSPS) is 11.2. The van der Waals surface area contributed by atoms with Crippen molar-refractivity contribution in [3.05, 3.63) is 21.3 Å². The van der Waals surface area contributed by atoms with E-state index < -0.39 is 5.97 Å². The molecule has 0 spiro atoms. The molecule has 0 bridgehead atoms. The van der Waals surface area contributed by atoms with Crippen LogP contribution < -0.4 is 5.32 Å². The average molecular weight is 322 g/mol. The molecule has 0 fully saturated rings. The number of carbonyl (C=O) groups excluding carboxylic acids is 1. The summed E-state index contributed by atoms with van der Waals surface area (Å²) >= 11 is 9.14. The van der Waals surface area contributed by atoms with Gasteiger partial charge in [-0.05, 0) is 42.8 Å². The first-order chi connectivity index (χ1) is 7.74. The Hall–Kier alpha value is -0.810. The summed E-state index contributed by atoms with van der Waals surface area (Å²) in [5.74, 6) is -0.0424. The van der Waals surface area contributed by atoms with Crippen LogP contribution in [0.1, 0.15) is 31.1 Å². The largest absolute Gasteiger partial charge is 0.465 e. The molecule has 0 atom stereocenters. The van der Waals surface area contributed by atoms with E-state index in [1.165, 1.54) is 7.11 Å². The van der Waals surface area contributed by atoms with Gasteiger partial charge < -0.3 is 10.1 Å². The van der Waals surface area contributed by atoms with Crippen LogP contribution in [0.25, 0.3) is 0 Å². The highest BCUT2D eigenvalue weighted by molar-refractivity contribution is 9.10. The first-order valence-corrected chi connectivity index (χ1v) is 6.14.